The van der Waals surface area contributed by atoms with Crippen LogP contribution in [0.3, 0.4) is 0 Å². The Morgan fingerprint density at radius 3 is 2.67 bits per heavy atom. The number of aryl methyl sites for hydroxylation is 2. The summed E-state index contributed by atoms with van der Waals surface area (Å²) in [7, 11) is 0. The Hall–Kier alpha value is -2.30. The lowest BCUT2D eigenvalue weighted by atomic mass is 10.1. The summed E-state index contributed by atoms with van der Waals surface area (Å²) in [6.07, 6.45) is 0. The summed E-state index contributed by atoms with van der Waals surface area (Å²) < 4.78 is 0. The van der Waals surface area contributed by atoms with E-state index in [1.54, 1.807) is 0 Å². The lowest BCUT2D eigenvalue weighted by Crippen LogP contribution is -2.23. The molecule has 0 radical (unpaired) electrons. The first-order valence-electron chi connectivity index (χ1n) is 5.68. The first-order chi connectivity index (χ1) is 8.56. The summed E-state index contributed by atoms with van der Waals surface area (Å²) in [5.74, 6) is -0.141. The molecular formula is C13H15N3O2. The number of rotatable bonds is 3. The molecule has 0 spiro atoms. The van der Waals surface area contributed by atoms with Gasteiger partial charge in [-0.1, -0.05) is 17.7 Å². The Kier molecular flexibility index (Phi) is 3.32. The van der Waals surface area contributed by atoms with E-state index in [1.165, 1.54) is 6.07 Å². The number of amides is 1. The summed E-state index contributed by atoms with van der Waals surface area (Å²) >= 11 is 0. The number of H-pyrrole nitrogens is 2. The number of carbonyl (C=O) groups excluding carboxylic acids is 1. The third-order valence-corrected chi connectivity index (χ3v) is 2.73. The van der Waals surface area contributed by atoms with Crippen molar-refractivity contribution in [3.8, 4) is 0 Å². The highest BCUT2D eigenvalue weighted by Gasteiger charge is 2.09. The average Bonchev–Trinajstić information content (AvgIpc) is 2.75. The van der Waals surface area contributed by atoms with Crippen LogP contribution in [0.25, 0.3) is 0 Å². The third kappa shape index (κ3) is 2.68. The molecule has 94 valence electrons. The number of carbonyl (C=O) groups is 1. The normalized spacial score (nSPS) is 10.3. The Balaban J connectivity index is 2.08. The van der Waals surface area contributed by atoms with E-state index in [-0.39, 0.29) is 11.5 Å². The second-order valence-corrected chi connectivity index (χ2v) is 4.28. The van der Waals surface area contributed by atoms with Crippen molar-refractivity contribution >= 4 is 5.91 Å². The highest BCUT2D eigenvalue weighted by Crippen LogP contribution is 2.10. The van der Waals surface area contributed by atoms with Crippen LogP contribution in [0.5, 0.6) is 0 Å². The molecule has 0 saturated carbocycles. The molecule has 2 rings (SSSR count). The summed E-state index contributed by atoms with van der Waals surface area (Å²) in [6, 6.07) is 7.16. The van der Waals surface area contributed by atoms with Crippen LogP contribution in [0.15, 0.2) is 29.1 Å². The molecule has 0 fully saturated rings. The van der Waals surface area contributed by atoms with Gasteiger partial charge in [-0.2, -0.15) is 0 Å². The minimum absolute atomic E-state index is 0.141. The molecule has 0 bridgehead atoms. The molecule has 18 heavy (non-hydrogen) atoms. The second kappa shape index (κ2) is 4.91. The average molecular weight is 245 g/mol. The second-order valence-electron chi connectivity index (χ2n) is 4.28. The van der Waals surface area contributed by atoms with Gasteiger partial charge in [-0.05, 0) is 25.5 Å². The lowest BCUT2D eigenvalue weighted by molar-refractivity contribution is 0.0949. The molecule has 0 aliphatic heterocycles. The number of hydrogen-bond acceptors (Lipinski definition) is 2. The number of aromatic amines is 2. The van der Waals surface area contributed by atoms with Gasteiger partial charge in [-0.15, -0.1) is 0 Å². The number of nitrogens with one attached hydrogen (secondary N) is 3. The predicted octanol–water partition coefficient (Wildman–Crippen LogP) is 1.25. The molecule has 1 aromatic heterocycles. The maximum Gasteiger partial charge on any atom is 0.264 e. The predicted molar refractivity (Wildman–Crippen MR) is 68.5 cm³/mol. The number of benzene rings is 1. The molecular weight excluding hydrogens is 230 g/mol. The monoisotopic (exact) mass is 245 g/mol. The van der Waals surface area contributed by atoms with E-state index in [0.29, 0.717) is 17.8 Å². The SMILES string of the molecule is Cc1ccc(C)c(C(=O)NCc2cc(=O)[nH][nH]2)c1. The van der Waals surface area contributed by atoms with Gasteiger partial charge in [-0.3, -0.25) is 14.7 Å². The van der Waals surface area contributed by atoms with Gasteiger partial charge in [-0.25, -0.2) is 0 Å². The minimum Gasteiger partial charge on any atom is -0.346 e. The van der Waals surface area contributed by atoms with Gasteiger partial charge in [0, 0.05) is 11.6 Å². The zero-order valence-corrected chi connectivity index (χ0v) is 10.3. The van der Waals surface area contributed by atoms with Gasteiger partial charge >= 0.3 is 0 Å². The van der Waals surface area contributed by atoms with Crippen molar-refractivity contribution < 1.29 is 4.79 Å². The van der Waals surface area contributed by atoms with Gasteiger partial charge in [0.2, 0.25) is 0 Å². The van der Waals surface area contributed by atoms with E-state index >= 15 is 0 Å². The highest BCUT2D eigenvalue weighted by atomic mass is 16.1. The Morgan fingerprint density at radius 2 is 2.00 bits per heavy atom. The molecule has 0 atom stereocenters. The smallest absolute Gasteiger partial charge is 0.264 e. The van der Waals surface area contributed by atoms with Crippen molar-refractivity contribution in [3.63, 3.8) is 0 Å². The molecule has 1 amide bonds. The van der Waals surface area contributed by atoms with Crippen molar-refractivity contribution in [1.82, 2.24) is 15.5 Å². The zero-order chi connectivity index (χ0) is 13.1. The summed E-state index contributed by atoms with van der Waals surface area (Å²) in [6.45, 7) is 4.14. The fourth-order valence-electron chi connectivity index (χ4n) is 1.72. The topological polar surface area (TPSA) is 77.8 Å². The zero-order valence-electron chi connectivity index (χ0n) is 10.3. The Morgan fingerprint density at radius 1 is 1.22 bits per heavy atom. The first-order valence-corrected chi connectivity index (χ1v) is 5.68. The van der Waals surface area contributed by atoms with E-state index in [0.717, 1.165) is 11.1 Å². The van der Waals surface area contributed by atoms with E-state index in [4.69, 9.17) is 0 Å². The van der Waals surface area contributed by atoms with Crippen molar-refractivity contribution in [2.24, 2.45) is 0 Å². The molecule has 2 aromatic rings. The van der Waals surface area contributed by atoms with Gasteiger partial charge in [0.15, 0.2) is 0 Å². The molecule has 3 N–H and O–H groups in total. The quantitative estimate of drug-likeness (QED) is 0.761. The molecule has 0 unspecified atom stereocenters. The largest absolute Gasteiger partial charge is 0.346 e. The van der Waals surface area contributed by atoms with Crippen LogP contribution in [0.2, 0.25) is 0 Å². The van der Waals surface area contributed by atoms with E-state index < -0.39 is 0 Å². The molecule has 1 heterocycles. The Labute approximate surface area is 104 Å². The third-order valence-electron chi connectivity index (χ3n) is 2.73. The standard InChI is InChI=1S/C13H15N3O2/c1-8-3-4-9(2)11(5-8)13(18)14-7-10-6-12(17)16-15-10/h3-6H,7H2,1-2H3,(H,14,18)(H2,15,16,17). The van der Waals surface area contributed by atoms with Gasteiger partial charge in [0.05, 0.1) is 12.2 Å². The fraction of sp³-hybridized carbons (Fsp3) is 0.231. The van der Waals surface area contributed by atoms with E-state index in [9.17, 15) is 9.59 Å². The Bertz CT molecular complexity index is 625. The molecule has 0 saturated heterocycles. The minimum atomic E-state index is -0.203. The van der Waals surface area contributed by atoms with Gasteiger partial charge in [0.1, 0.15) is 0 Å². The van der Waals surface area contributed by atoms with Gasteiger partial charge in [0.25, 0.3) is 11.5 Å². The molecule has 0 aliphatic rings. The van der Waals surface area contributed by atoms with Crippen LogP contribution in [0.1, 0.15) is 27.2 Å². The van der Waals surface area contributed by atoms with E-state index in [2.05, 4.69) is 15.5 Å². The van der Waals surface area contributed by atoms with Crippen LogP contribution in [-0.4, -0.2) is 16.1 Å². The van der Waals surface area contributed by atoms with Gasteiger partial charge < -0.3 is 10.4 Å². The summed E-state index contributed by atoms with van der Waals surface area (Å²) in [5.41, 5.74) is 3.08. The molecule has 1 aromatic carbocycles. The highest BCUT2D eigenvalue weighted by molar-refractivity contribution is 5.95. The van der Waals surface area contributed by atoms with Crippen LogP contribution in [0.4, 0.5) is 0 Å². The number of hydrogen-bond donors (Lipinski definition) is 3. The van der Waals surface area contributed by atoms with Crippen LogP contribution in [0, 0.1) is 13.8 Å². The first kappa shape index (κ1) is 12.2. The lowest BCUT2D eigenvalue weighted by Gasteiger charge is -2.07. The number of aromatic nitrogens is 2. The van der Waals surface area contributed by atoms with Crippen molar-refractivity contribution in [3.05, 3.63) is 57.0 Å². The van der Waals surface area contributed by atoms with E-state index in [1.807, 2.05) is 32.0 Å². The van der Waals surface area contributed by atoms with Crippen molar-refractivity contribution in [2.45, 2.75) is 20.4 Å². The van der Waals surface area contributed by atoms with Crippen molar-refractivity contribution in [1.29, 1.82) is 0 Å². The summed E-state index contributed by atoms with van der Waals surface area (Å²) in [4.78, 5) is 22.9. The molecule has 5 nitrogen and oxygen atoms in total. The van der Waals surface area contributed by atoms with Crippen molar-refractivity contribution in [2.75, 3.05) is 0 Å². The summed E-state index contributed by atoms with van der Waals surface area (Å²) in [5, 5.41) is 7.87. The fourth-order valence-corrected chi connectivity index (χ4v) is 1.72. The van der Waals surface area contributed by atoms with Crippen LogP contribution >= 0.6 is 0 Å². The molecule has 5 heteroatoms. The molecule has 0 aliphatic carbocycles. The maximum atomic E-state index is 12.0. The maximum absolute atomic E-state index is 12.0. The van der Waals surface area contributed by atoms with Crippen LogP contribution in [-0.2, 0) is 6.54 Å². The van der Waals surface area contributed by atoms with Crippen LogP contribution < -0.4 is 10.9 Å².